The monoisotopic (exact) mass is 407 g/mol. The predicted octanol–water partition coefficient (Wildman–Crippen LogP) is 3.98. The summed E-state index contributed by atoms with van der Waals surface area (Å²) in [5, 5.41) is 10.8. The summed E-state index contributed by atoms with van der Waals surface area (Å²) in [7, 11) is 1.59. The third kappa shape index (κ3) is 3.86. The molecule has 5 nitrogen and oxygen atoms in total. The molecule has 1 aliphatic rings. The van der Waals surface area contributed by atoms with E-state index >= 15 is 0 Å². The Labute approximate surface area is 174 Å². The Bertz CT molecular complexity index is 992. The van der Waals surface area contributed by atoms with Gasteiger partial charge < -0.3 is 19.5 Å². The van der Waals surface area contributed by atoms with Gasteiger partial charge in [-0.1, -0.05) is 30.3 Å². The lowest BCUT2D eigenvalue weighted by molar-refractivity contribution is -0.137. The highest BCUT2D eigenvalue weighted by atomic mass is 19.1. The van der Waals surface area contributed by atoms with Crippen molar-refractivity contribution < 1.29 is 23.8 Å². The maximum atomic E-state index is 13.1. The maximum absolute atomic E-state index is 13.1. The van der Waals surface area contributed by atoms with E-state index in [9.17, 15) is 14.3 Å². The van der Waals surface area contributed by atoms with E-state index in [1.807, 2.05) is 54.6 Å². The van der Waals surface area contributed by atoms with Gasteiger partial charge in [-0.15, -0.1) is 0 Å². The van der Waals surface area contributed by atoms with Gasteiger partial charge >= 0.3 is 0 Å². The highest BCUT2D eigenvalue weighted by Crippen LogP contribution is 2.45. The molecule has 0 aromatic heterocycles. The highest BCUT2D eigenvalue weighted by molar-refractivity contribution is 6.03. The van der Waals surface area contributed by atoms with Crippen molar-refractivity contribution >= 4 is 11.6 Å². The SMILES string of the molecule is COc1ccc([C@@H]2[C@@H]([C@H](O)COc3ccc(F)cc3)C(=O)N2c2ccccc2)cc1. The number of anilines is 1. The molecule has 0 radical (unpaired) electrons. The summed E-state index contributed by atoms with van der Waals surface area (Å²) in [5.41, 5.74) is 1.66. The number of amides is 1. The molecular weight excluding hydrogens is 385 g/mol. The second kappa shape index (κ2) is 8.55. The maximum Gasteiger partial charge on any atom is 0.235 e. The third-order valence-corrected chi connectivity index (χ3v) is 5.28. The van der Waals surface area contributed by atoms with Crippen LogP contribution in [0.4, 0.5) is 10.1 Å². The molecule has 0 spiro atoms. The zero-order valence-corrected chi connectivity index (χ0v) is 16.4. The average molecular weight is 407 g/mol. The van der Waals surface area contributed by atoms with E-state index in [1.165, 1.54) is 24.3 Å². The summed E-state index contributed by atoms with van der Waals surface area (Å²) >= 11 is 0. The number of aliphatic hydroxyl groups excluding tert-OH is 1. The van der Waals surface area contributed by atoms with Crippen molar-refractivity contribution in [3.63, 3.8) is 0 Å². The highest BCUT2D eigenvalue weighted by Gasteiger charge is 2.52. The summed E-state index contributed by atoms with van der Waals surface area (Å²) in [6.07, 6.45) is -1.02. The van der Waals surface area contributed by atoms with Crippen LogP contribution in [0.1, 0.15) is 11.6 Å². The molecule has 1 N–H and O–H groups in total. The van der Waals surface area contributed by atoms with E-state index in [0.717, 1.165) is 11.3 Å². The fraction of sp³-hybridized carbons (Fsp3) is 0.208. The molecular formula is C24H22FNO4. The normalized spacial score (nSPS) is 19.2. The van der Waals surface area contributed by atoms with E-state index in [1.54, 1.807) is 12.0 Å². The molecule has 3 atom stereocenters. The van der Waals surface area contributed by atoms with Crippen molar-refractivity contribution in [1.82, 2.24) is 0 Å². The van der Waals surface area contributed by atoms with Crippen LogP contribution in [0.25, 0.3) is 0 Å². The number of halogens is 1. The molecule has 0 unspecified atom stereocenters. The minimum Gasteiger partial charge on any atom is -0.497 e. The van der Waals surface area contributed by atoms with Crippen LogP contribution in [0.2, 0.25) is 0 Å². The molecule has 0 bridgehead atoms. The van der Waals surface area contributed by atoms with Crippen LogP contribution in [0, 0.1) is 11.7 Å². The van der Waals surface area contributed by atoms with Crippen molar-refractivity contribution in [1.29, 1.82) is 0 Å². The minimum atomic E-state index is -1.02. The molecule has 1 heterocycles. The second-order valence-electron chi connectivity index (χ2n) is 7.12. The summed E-state index contributed by atoms with van der Waals surface area (Å²) in [6.45, 7) is -0.0721. The summed E-state index contributed by atoms with van der Waals surface area (Å²) in [4.78, 5) is 14.7. The minimum absolute atomic E-state index is 0.0721. The van der Waals surface area contributed by atoms with Gasteiger partial charge in [0.1, 0.15) is 30.0 Å². The molecule has 1 saturated heterocycles. The number of ether oxygens (including phenoxy) is 2. The molecule has 1 fully saturated rings. The Hall–Kier alpha value is -3.38. The number of hydrogen-bond donors (Lipinski definition) is 1. The number of rotatable bonds is 7. The van der Waals surface area contributed by atoms with Crippen LogP contribution in [0.5, 0.6) is 11.5 Å². The number of nitrogens with zero attached hydrogens (tertiary/aromatic N) is 1. The number of carbonyl (C=O) groups excluding carboxylic acids is 1. The number of methoxy groups -OCH3 is 1. The molecule has 1 aliphatic heterocycles. The van der Waals surface area contributed by atoms with Crippen molar-refractivity contribution in [3.05, 3.63) is 90.2 Å². The first-order chi connectivity index (χ1) is 14.6. The topological polar surface area (TPSA) is 59.0 Å². The van der Waals surface area contributed by atoms with Gasteiger partial charge in [-0.3, -0.25) is 4.79 Å². The zero-order valence-electron chi connectivity index (χ0n) is 16.4. The van der Waals surface area contributed by atoms with E-state index in [4.69, 9.17) is 9.47 Å². The lowest BCUT2D eigenvalue weighted by Crippen LogP contribution is -2.60. The molecule has 30 heavy (non-hydrogen) atoms. The van der Waals surface area contributed by atoms with Crippen LogP contribution in [0.15, 0.2) is 78.9 Å². The van der Waals surface area contributed by atoms with Crippen LogP contribution in [-0.2, 0) is 4.79 Å². The van der Waals surface area contributed by atoms with Gasteiger partial charge in [0.15, 0.2) is 0 Å². The molecule has 4 rings (SSSR count). The number of carbonyl (C=O) groups is 1. The lowest BCUT2D eigenvalue weighted by atomic mass is 9.78. The van der Waals surface area contributed by atoms with Gasteiger partial charge in [0.05, 0.1) is 19.1 Å². The smallest absolute Gasteiger partial charge is 0.235 e. The summed E-state index contributed by atoms with van der Waals surface area (Å²) < 4.78 is 23.9. The largest absolute Gasteiger partial charge is 0.497 e. The molecule has 1 amide bonds. The number of para-hydroxylation sites is 1. The van der Waals surface area contributed by atoms with Crippen molar-refractivity contribution in [3.8, 4) is 11.5 Å². The quantitative estimate of drug-likeness (QED) is 0.602. The van der Waals surface area contributed by atoms with Crippen LogP contribution < -0.4 is 14.4 Å². The molecule has 0 saturated carbocycles. The zero-order chi connectivity index (χ0) is 21.1. The van der Waals surface area contributed by atoms with Crippen LogP contribution in [0.3, 0.4) is 0 Å². The average Bonchev–Trinajstić information content (AvgIpc) is 2.78. The fourth-order valence-corrected chi connectivity index (χ4v) is 3.74. The molecule has 6 heteroatoms. The summed E-state index contributed by atoms with van der Waals surface area (Å²) in [6, 6.07) is 22.0. The Morgan fingerprint density at radius 2 is 1.60 bits per heavy atom. The molecule has 3 aromatic rings. The first kappa shape index (κ1) is 19.9. The van der Waals surface area contributed by atoms with Gasteiger partial charge in [-0.05, 0) is 54.1 Å². The van der Waals surface area contributed by atoms with E-state index < -0.39 is 12.0 Å². The Morgan fingerprint density at radius 3 is 2.23 bits per heavy atom. The predicted molar refractivity (Wildman–Crippen MR) is 111 cm³/mol. The molecule has 154 valence electrons. The standard InChI is InChI=1S/C24H22FNO4/c1-29-19-11-7-16(8-12-19)23-22(24(28)26(23)18-5-3-2-4-6-18)21(27)15-30-20-13-9-17(25)10-14-20/h2-14,21-23,27H,15H2,1H3/t21-,22-,23-/m1/s1. The number of hydrogen-bond acceptors (Lipinski definition) is 4. The Balaban J connectivity index is 1.56. The van der Waals surface area contributed by atoms with E-state index in [-0.39, 0.29) is 24.4 Å². The van der Waals surface area contributed by atoms with Gasteiger partial charge in [-0.25, -0.2) is 4.39 Å². The molecule has 0 aliphatic carbocycles. The van der Waals surface area contributed by atoms with Gasteiger partial charge in [0, 0.05) is 5.69 Å². The fourth-order valence-electron chi connectivity index (χ4n) is 3.74. The molecule has 3 aromatic carbocycles. The van der Waals surface area contributed by atoms with Gasteiger partial charge in [-0.2, -0.15) is 0 Å². The van der Waals surface area contributed by atoms with Crippen molar-refractivity contribution in [2.24, 2.45) is 5.92 Å². The summed E-state index contributed by atoms with van der Waals surface area (Å²) in [5.74, 6) is -0.0399. The van der Waals surface area contributed by atoms with Gasteiger partial charge in [0.2, 0.25) is 5.91 Å². The Morgan fingerprint density at radius 1 is 0.967 bits per heavy atom. The van der Waals surface area contributed by atoms with Crippen molar-refractivity contribution in [2.75, 3.05) is 18.6 Å². The Kier molecular flexibility index (Phi) is 5.68. The van der Waals surface area contributed by atoms with Crippen molar-refractivity contribution in [2.45, 2.75) is 12.1 Å². The van der Waals surface area contributed by atoms with E-state index in [0.29, 0.717) is 11.5 Å². The number of β-lactam (4-membered cyclic amide) rings is 1. The number of aliphatic hydroxyl groups is 1. The second-order valence-corrected chi connectivity index (χ2v) is 7.12. The first-order valence-corrected chi connectivity index (χ1v) is 9.67. The van der Waals surface area contributed by atoms with Crippen LogP contribution >= 0.6 is 0 Å². The van der Waals surface area contributed by atoms with Crippen LogP contribution in [-0.4, -0.2) is 30.8 Å². The van der Waals surface area contributed by atoms with E-state index in [2.05, 4.69) is 0 Å². The lowest BCUT2D eigenvalue weighted by Gasteiger charge is -2.49. The third-order valence-electron chi connectivity index (χ3n) is 5.28. The van der Waals surface area contributed by atoms with Gasteiger partial charge in [0.25, 0.3) is 0 Å². The number of benzene rings is 3. The first-order valence-electron chi connectivity index (χ1n) is 9.67.